The van der Waals surface area contributed by atoms with Gasteiger partial charge in [-0.2, -0.15) is 13.8 Å². The maximum Gasteiger partial charge on any atom is 0.229 e. The molecule has 0 aromatic carbocycles. The molecule has 88 valence electrons. The molecule has 2 rings (SSSR count). The van der Waals surface area contributed by atoms with Crippen LogP contribution in [0.5, 0.6) is 0 Å². The maximum atomic E-state index is 13.8. The van der Waals surface area contributed by atoms with Crippen molar-refractivity contribution in [2.45, 2.75) is 13.3 Å². The van der Waals surface area contributed by atoms with Crippen LogP contribution in [0.25, 0.3) is 11.3 Å². The van der Waals surface area contributed by atoms with Crippen LogP contribution in [0.3, 0.4) is 0 Å². The van der Waals surface area contributed by atoms with Crippen molar-refractivity contribution in [3.63, 3.8) is 0 Å². The van der Waals surface area contributed by atoms with E-state index in [0.29, 0.717) is 23.2 Å². The van der Waals surface area contributed by atoms with Gasteiger partial charge >= 0.3 is 0 Å². The van der Waals surface area contributed by atoms with Gasteiger partial charge in [0.2, 0.25) is 17.6 Å². The number of hydrogen-bond acceptors (Lipinski definition) is 1. The van der Waals surface area contributed by atoms with Crippen LogP contribution in [0.2, 0.25) is 0 Å². The van der Waals surface area contributed by atoms with E-state index in [1.807, 2.05) is 32.3 Å². The van der Waals surface area contributed by atoms with Crippen LogP contribution in [0.1, 0.15) is 12.5 Å². The number of aromatic nitrogens is 2. The molecule has 0 atom stereocenters. The molecular weight excluding hydrogens is 222 g/mol. The van der Waals surface area contributed by atoms with Gasteiger partial charge in [0, 0.05) is 12.1 Å². The molecule has 2 heterocycles. The molecule has 0 aliphatic heterocycles. The summed E-state index contributed by atoms with van der Waals surface area (Å²) in [6, 6.07) is 6.74. The third-order valence-corrected chi connectivity index (χ3v) is 2.72. The molecule has 0 fully saturated rings. The summed E-state index contributed by atoms with van der Waals surface area (Å²) in [6.45, 7) is 1.86. The van der Waals surface area contributed by atoms with E-state index in [1.54, 1.807) is 10.6 Å². The van der Waals surface area contributed by atoms with Crippen LogP contribution in [0.15, 0.2) is 30.5 Å². The van der Waals surface area contributed by atoms with E-state index in [4.69, 9.17) is 0 Å². The zero-order valence-corrected chi connectivity index (χ0v) is 9.74. The third-order valence-electron chi connectivity index (χ3n) is 2.72. The normalized spacial score (nSPS) is 10.6. The Morgan fingerprint density at radius 2 is 2.06 bits per heavy atom. The first kappa shape index (κ1) is 11.6. The van der Waals surface area contributed by atoms with Crippen LogP contribution in [-0.4, -0.2) is 4.98 Å². The highest BCUT2D eigenvalue weighted by Crippen LogP contribution is 2.23. The average Bonchev–Trinajstić information content (AvgIpc) is 2.29. The topological polar surface area (TPSA) is 16.8 Å². The molecule has 0 radical (unpaired) electrons. The molecule has 2 nitrogen and oxygen atoms in total. The fraction of sp³-hybridized carbons (Fsp3) is 0.231. The van der Waals surface area contributed by atoms with E-state index in [9.17, 15) is 8.78 Å². The lowest BCUT2D eigenvalue weighted by Crippen LogP contribution is -2.30. The molecule has 0 saturated heterocycles. The van der Waals surface area contributed by atoms with E-state index in [0.717, 1.165) is 0 Å². The predicted octanol–water partition coefficient (Wildman–Crippen LogP) is 2.41. The monoisotopic (exact) mass is 235 g/mol. The second-order valence-electron chi connectivity index (χ2n) is 3.82. The molecule has 0 aliphatic rings. The van der Waals surface area contributed by atoms with Gasteiger partial charge in [-0.3, -0.25) is 0 Å². The van der Waals surface area contributed by atoms with Crippen LogP contribution in [0.4, 0.5) is 8.78 Å². The molecule has 0 spiro atoms. The number of halogens is 2. The summed E-state index contributed by atoms with van der Waals surface area (Å²) in [4.78, 5) is 3.25. The molecule has 0 amide bonds. The molecule has 17 heavy (non-hydrogen) atoms. The lowest BCUT2D eigenvalue weighted by molar-refractivity contribution is -0.660. The summed E-state index contributed by atoms with van der Waals surface area (Å²) < 4.78 is 28.6. The first-order chi connectivity index (χ1) is 8.13. The highest BCUT2D eigenvalue weighted by molar-refractivity contribution is 5.60. The van der Waals surface area contributed by atoms with Crippen molar-refractivity contribution < 1.29 is 13.3 Å². The summed E-state index contributed by atoms with van der Waals surface area (Å²) in [5, 5.41) is 0. The smallest absolute Gasteiger partial charge is 0.201 e. The Kier molecular flexibility index (Phi) is 3.13. The molecule has 0 bridgehead atoms. The lowest BCUT2D eigenvalue weighted by atomic mass is 10.0. The Labute approximate surface area is 98.6 Å². The van der Waals surface area contributed by atoms with E-state index in [1.165, 1.54) is 6.07 Å². The molecule has 0 saturated carbocycles. The van der Waals surface area contributed by atoms with Crippen molar-refractivity contribution in [3.05, 3.63) is 47.9 Å². The quantitative estimate of drug-likeness (QED) is 0.577. The minimum absolute atomic E-state index is 0.372. The highest BCUT2D eigenvalue weighted by atomic mass is 19.1. The van der Waals surface area contributed by atoms with E-state index in [2.05, 4.69) is 4.98 Å². The predicted molar refractivity (Wildman–Crippen MR) is 60.1 cm³/mol. The summed E-state index contributed by atoms with van der Waals surface area (Å²) in [6.07, 6.45) is 2.37. The van der Waals surface area contributed by atoms with Crippen molar-refractivity contribution >= 4 is 0 Å². The van der Waals surface area contributed by atoms with Gasteiger partial charge in [0.15, 0.2) is 6.20 Å². The molecule has 2 aromatic heterocycles. The molecule has 0 aliphatic carbocycles. The fourth-order valence-electron chi connectivity index (χ4n) is 1.86. The molecule has 0 N–H and O–H groups in total. The van der Waals surface area contributed by atoms with Crippen LogP contribution in [-0.2, 0) is 13.5 Å². The number of hydrogen-bond donors (Lipinski definition) is 0. The van der Waals surface area contributed by atoms with Crippen molar-refractivity contribution in [2.75, 3.05) is 0 Å². The lowest BCUT2D eigenvalue weighted by Gasteiger charge is -2.06. The fourth-order valence-corrected chi connectivity index (χ4v) is 1.86. The van der Waals surface area contributed by atoms with Crippen molar-refractivity contribution in [1.29, 1.82) is 0 Å². The van der Waals surface area contributed by atoms with Crippen molar-refractivity contribution in [2.24, 2.45) is 7.05 Å². The highest BCUT2D eigenvalue weighted by Gasteiger charge is 2.20. The van der Waals surface area contributed by atoms with Gasteiger partial charge in [0.1, 0.15) is 12.6 Å². The standard InChI is InChI=1S/C13H13F2N2/c1-3-9-8-11(14)16-13(15)12(9)10-6-4-5-7-17(10)2/h4-8H,3H2,1-2H3/q+1. The van der Waals surface area contributed by atoms with Gasteiger partial charge in [0.05, 0.1) is 0 Å². The zero-order valence-electron chi connectivity index (χ0n) is 9.74. The van der Waals surface area contributed by atoms with E-state index < -0.39 is 11.9 Å². The van der Waals surface area contributed by atoms with Gasteiger partial charge in [-0.25, -0.2) is 4.57 Å². The van der Waals surface area contributed by atoms with E-state index >= 15 is 0 Å². The van der Waals surface area contributed by atoms with E-state index in [-0.39, 0.29) is 0 Å². The van der Waals surface area contributed by atoms with Crippen LogP contribution < -0.4 is 4.57 Å². The Hall–Kier alpha value is -1.84. The number of rotatable bonds is 2. The minimum atomic E-state index is -0.776. The largest absolute Gasteiger partial charge is 0.229 e. The second-order valence-corrected chi connectivity index (χ2v) is 3.82. The summed E-state index contributed by atoms with van der Waals surface area (Å²) in [5.41, 5.74) is 1.68. The van der Waals surface area contributed by atoms with Crippen LogP contribution >= 0.6 is 0 Å². The molecule has 0 unspecified atom stereocenters. The van der Waals surface area contributed by atoms with Gasteiger partial charge in [-0.05, 0) is 24.1 Å². The Balaban J connectivity index is 2.71. The van der Waals surface area contributed by atoms with Gasteiger partial charge in [-0.15, -0.1) is 0 Å². The van der Waals surface area contributed by atoms with Crippen molar-refractivity contribution in [3.8, 4) is 11.3 Å². The SMILES string of the molecule is CCc1cc(F)nc(F)c1-c1cccc[n+]1C. The molecule has 2 aromatic rings. The summed E-state index contributed by atoms with van der Waals surface area (Å²) in [5.74, 6) is -1.54. The Bertz CT molecular complexity index is 553. The zero-order chi connectivity index (χ0) is 12.4. The Morgan fingerprint density at radius 3 is 2.71 bits per heavy atom. The first-order valence-electron chi connectivity index (χ1n) is 5.43. The summed E-state index contributed by atoms with van der Waals surface area (Å²) >= 11 is 0. The Morgan fingerprint density at radius 1 is 1.29 bits per heavy atom. The van der Waals surface area contributed by atoms with Gasteiger partial charge in [-0.1, -0.05) is 6.92 Å². The van der Waals surface area contributed by atoms with Crippen LogP contribution in [0, 0.1) is 11.9 Å². The average molecular weight is 235 g/mol. The van der Waals surface area contributed by atoms with Gasteiger partial charge in [0.25, 0.3) is 0 Å². The maximum absolute atomic E-state index is 13.8. The first-order valence-corrected chi connectivity index (χ1v) is 5.43. The van der Waals surface area contributed by atoms with Gasteiger partial charge < -0.3 is 0 Å². The minimum Gasteiger partial charge on any atom is -0.201 e. The third kappa shape index (κ3) is 2.16. The second kappa shape index (κ2) is 4.57. The van der Waals surface area contributed by atoms with Crippen molar-refractivity contribution in [1.82, 2.24) is 4.98 Å². The summed E-state index contributed by atoms with van der Waals surface area (Å²) in [7, 11) is 1.82. The molecule has 4 heteroatoms. The molecular formula is C13H13F2N2+. The number of aryl methyl sites for hydroxylation is 2. The number of pyridine rings is 2. The number of nitrogens with zero attached hydrogens (tertiary/aromatic N) is 2.